The van der Waals surface area contributed by atoms with Crippen LogP contribution in [0.3, 0.4) is 0 Å². The second kappa shape index (κ2) is 8.62. The molecule has 5 heterocycles. The monoisotopic (exact) mass is 485 g/mol. The summed E-state index contributed by atoms with van der Waals surface area (Å²) in [6.45, 7) is 0.314. The van der Waals surface area contributed by atoms with E-state index in [0.29, 0.717) is 28.8 Å². The van der Waals surface area contributed by atoms with Gasteiger partial charge in [0.1, 0.15) is 0 Å². The topological polar surface area (TPSA) is 112 Å². The molecule has 5 rings (SSSR count). The van der Waals surface area contributed by atoms with Gasteiger partial charge in [-0.3, -0.25) is 9.67 Å². The molecule has 0 N–H and O–H groups in total. The van der Waals surface area contributed by atoms with Gasteiger partial charge in [0.25, 0.3) is 0 Å². The molecule has 0 aromatic carbocycles. The summed E-state index contributed by atoms with van der Waals surface area (Å²) in [6.07, 6.45) is 3.52. The van der Waals surface area contributed by atoms with Gasteiger partial charge >= 0.3 is 12.1 Å². The highest BCUT2D eigenvalue weighted by Crippen LogP contribution is 2.33. The Kier molecular flexibility index (Phi) is 5.49. The molecule has 5 aromatic rings. The number of halogens is 3. The first-order valence-electron chi connectivity index (χ1n) is 9.73. The fourth-order valence-corrected chi connectivity index (χ4v) is 3.99. The summed E-state index contributed by atoms with van der Waals surface area (Å²) >= 11 is 1.23. The number of hydrogen-bond donors (Lipinski definition) is 0. The lowest BCUT2D eigenvalue weighted by Gasteiger charge is -2.21. The van der Waals surface area contributed by atoms with Crippen molar-refractivity contribution in [3.63, 3.8) is 0 Å². The Morgan fingerprint density at radius 2 is 1.94 bits per heavy atom. The van der Waals surface area contributed by atoms with E-state index in [1.54, 1.807) is 52.6 Å². The van der Waals surface area contributed by atoms with E-state index in [1.807, 2.05) is 19.3 Å². The highest BCUT2D eigenvalue weighted by Gasteiger charge is 2.38. The number of anilines is 2. The predicted molar refractivity (Wildman–Crippen MR) is 115 cm³/mol. The average Bonchev–Trinajstić information content (AvgIpc) is 3.58. The minimum Gasteiger partial charge on any atom is -0.329 e. The van der Waals surface area contributed by atoms with E-state index in [2.05, 4.69) is 39.9 Å². The summed E-state index contributed by atoms with van der Waals surface area (Å²) in [5.41, 5.74) is 1.49. The van der Waals surface area contributed by atoms with Crippen molar-refractivity contribution in [2.75, 3.05) is 4.90 Å². The Bertz CT molecular complexity index is 1400. The Hall–Kier alpha value is -4.20. The predicted octanol–water partition coefficient (Wildman–Crippen LogP) is 4.14. The molecule has 0 saturated carbocycles. The maximum Gasteiger partial charge on any atom is 0.471 e. The van der Waals surface area contributed by atoms with Crippen molar-refractivity contribution in [1.29, 1.82) is 0 Å². The Labute approximate surface area is 193 Å². The molecule has 0 radical (unpaired) electrons. The minimum absolute atomic E-state index is 0.129. The van der Waals surface area contributed by atoms with Crippen LogP contribution in [0.2, 0.25) is 0 Å². The van der Waals surface area contributed by atoms with E-state index in [0.717, 1.165) is 10.4 Å². The van der Waals surface area contributed by atoms with E-state index >= 15 is 0 Å². The summed E-state index contributed by atoms with van der Waals surface area (Å²) < 4.78 is 44.3. The normalized spacial score (nSPS) is 11.6. The molecule has 0 bridgehead atoms. The van der Waals surface area contributed by atoms with Gasteiger partial charge in [0.15, 0.2) is 11.6 Å². The number of nitrogens with zero attached hydrogens (tertiary/aromatic N) is 9. The van der Waals surface area contributed by atoms with Gasteiger partial charge in [-0.1, -0.05) is 5.16 Å². The van der Waals surface area contributed by atoms with Crippen molar-refractivity contribution < 1.29 is 17.7 Å². The van der Waals surface area contributed by atoms with Crippen LogP contribution in [0, 0.1) is 0 Å². The third-order valence-electron chi connectivity index (χ3n) is 4.62. The molecule has 0 aliphatic heterocycles. The number of alkyl halides is 3. The summed E-state index contributed by atoms with van der Waals surface area (Å²) in [4.78, 5) is 14.9. The molecule has 0 amide bonds. The van der Waals surface area contributed by atoms with Gasteiger partial charge in [-0.05, 0) is 24.3 Å². The molecule has 0 spiro atoms. The third-order valence-corrected chi connectivity index (χ3v) is 5.68. The number of aromatic nitrogens is 8. The maximum atomic E-state index is 12.8. The van der Waals surface area contributed by atoms with Crippen molar-refractivity contribution in [2.24, 2.45) is 7.05 Å². The van der Waals surface area contributed by atoms with Crippen LogP contribution in [0.4, 0.5) is 24.8 Å². The average molecular weight is 485 g/mol. The van der Waals surface area contributed by atoms with Gasteiger partial charge < -0.3 is 9.42 Å². The lowest BCUT2D eigenvalue weighted by molar-refractivity contribution is -0.159. The minimum atomic E-state index is -4.70. The number of thiophene rings is 1. The molecule has 0 unspecified atom stereocenters. The van der Waals surface area contributed by atoms with Gasteiger partial charge in [-0.25, -0.2) is 4.98 Å². The van der Waals surface area contributed by atoms with E-state index in [1.165, 1.54) is 11.3 Å². The molecule has 14 heteroatoms. The lowest BCUT2D eigenvalue weighted by Crippen LogP contribution is -2.19. The summed E-state index contributed by atoms with van der Waals surface area (Å²) in [5, 5.41) is 16.2. The van der Waals surface area contributed by atoms with Crippen LogP contribution >= 0.6 is 11.3 Å². The standard InChI is InChI=1S/C20H14F3N9OS/c1-31-10-12(8-26-31)14-3-5-16(29-28-14)32(17-9-24-6-7-25-17)11-13-2-4-15(34-13)18-27-19(33-30-18)20(21,22)23/h2-10H,11H2,1H3. The summed E-state index contributed by atoms with van der Waals surface area (Å²) in [6, 6.07) is 7.02. The largest absolute Gasteiger partial charge is 0.471 e. The molecule has 34 heavy (non-hydrogen) atoms. The first-order chi connectivity index (χ1) is 16.4. The second-order valence-electron chi connectivity index (χ2n) is 7.02. The van der Waals surface area contributed by atoms with Gasteiger partial charge in [0, 0.05) is 36.1 Å². The maximum absolute atomic E-state index is 12.8. The fraction of sp³-hybridized carbons (Fsp3) is 0.150. The Balaban J connectivity index is 1.42. The molecule has 5 aromatic heterocycles. The molecule has 0 saturated heterocycles. The number of hydrogen-bond acceptors (Lipinski definition) is 10. The number of aryl methyl sites for hydroxylation is 1. The van der Waals surface area contributed by atoms with Crippen LogP contribution in [-0.4, -0.2) is 40.1 Å². The van der Waals surface area contributed by atoms with Crippen molar-refractivity contribution >= 4 is 23.0 Å². The van der Waals surface area contributed by atoms with E-state index in [4.69, 9.17) is 0 Å². The van der Waals surface area contributed by atoms with Crippen molar-refractivity contribution in [3.8, 4) is 22.0 Å². The molecule has 0 aliphatic carbocycles. The van der Waals surface area contributed by atoms with Crippen LogP contribution in [0.15, 0.2) is 59.8 Å². The van der Waals surface area contributed by atoms with E-state index < -0.39 is 12.1 Å². The van der Waals surface area contributed by atoms with E-state index in [9.17, 15) is 13.2 Å². The summed E-state index contributed by atoms with van der Waals surface area (Å²) in [5.74, 6) is -0.473. The van der Waals surface area contributed by atoms with Crippen molar-refractivity contribution in [2.45, 2.75) is 12.7 Å². The molecular formula is C20H14F3N9OS. The van der Waals surface area contributed by atoms with Crippen LogP contribution in [0.25, 0.3) is 22.0 Å². The molecule has 172 valence electrons. The second-order valence-corrected chi connectivity index (χ2v) is 8.18. The molecule has 0 fully saturated rings. The summed E-state index contributed by atoms with van der Waals surface area (Å²) in [7, 11) is 1.81. The Morgan fingerprint density at radius 3 is 2.59 bits per heavy atom. The molecule has 0 aliphatic rings. The molecule has 0 atom stereocenters. The molecular weight excluding hydrogens is 471 g/mol. The molecule has 10 nitrogen and oxygen atoms in total. The van der Waals surface area contributed by atoms with Gasteiger partial charge in [-0.2, -0.15) is 23.3 Å². The highest BCUT2D eigenvalue weighted by molar-refractivity contribution is 7.15. The van der Waals surface area contributed by atoms with Crippen molar-refractivity contribution in [3.05, 3.63) is 66.0 Å². The zero-order valence-corrected chi connectivity index (χ0v) is 18.2. The third kappa shape index (κ3) is 4.47. The Morgan fingerprint density at radius 1 is 1.06 bits per heavy atom. The van der Waals surface area contributed by atoms with Crippen molar-refractivity contribution in [1.82, 2.24) is 40.1 Å². The van der Waals surface area contributed by atoms with E-state index in [-0.39, 0.29) is 5.82 Å². The van der Waals surface area contributed by atoms with Gasteiger partial charge in [0.2, 0.25) is 5.82 Å². The van der Waals surface area contributed by atoms with Gasteiger partial charge in [0.05, 0.1) is 29.5 Å². The van der Waals surface area contributed by atoms with Crippen LogP contribution in [0.1, 0.15) is 10.8 Å². The zero-order chi connectivity index (χ0) is 23.7. The smallest absolute Gasteiger partial charge is 0.329 e. The quantitative estimate of drug-likeness (QED) is 0.350. The van der Waals surface area contributed by atoms with Crippen LogP contribution in [0.5, 0.6) is 0 Å². The number of rotatable bonds is 6. The lowest BCUT2D eigenvalue weighted by atomic mass is 10.2. The van der Waals surface area contributed by atoms with Gasteiger partial charge in [-0.15, -0.1) is 21.5 Å². The SMILES string of the molecule is Cn1cc(-c2ccc(N(Cc3ccc(-c4noc(C(F)(F)F)n4)s3)c3cnccn3)nn2)cn1. The van der Waals surface area contributed by atoms with Crippen LogP contribution in [-0.2, 0) is 19.8 Å². The van der Waals surface area contributed by atoms with Crippen LogP contribution < -0.4 is 4.90 Å². The first kappa shape index (κ1) is 21.6. The fourth-order valence-electron chi connectivity index (χ4n) is 3.06. The highest BCUT2D eigenvalue weighted by atomic mass is 32.1. The zero-order valence-electron chi connectivity index (χ0n) is 17.4. The first-order valence-corrected chi connectivity index (χ1v) is 10.5.